The summed E-state index contributed by atoms with van der Waals surface area (Å²) in [5, 5.41) is 12.0. The second-order valence-electron chi connectivity index (χ2n) is 5.42. The fourth-order valence-corrected chi connectivity index (χ4v) is 3.83. The van der Waals surface area contributed by atoms with Crippen molar-refractivity contribution in [1.82, 2.24) is 4.90 Å². The van der Waals surface area contributed by atoms with Crippen LogP contribution in [0.1, 0.15) is 31.2 Å². The highest BCUT2D eigenvalue weighted by Gasteiger charge is 2.42. The molecular formula is C14H17Cl2NO. The van der Waals surface area contributed by atoms with Gasteiger partial charge in [-0.2, -0.15) is 0 Å². The van der Waals surface area contributed by atoms with E-state index in [-0.39, 0.29) is 0 Å². The molecule has 0 aliphatic carbocycles. The Morgan fingerprint density at radius 2 is 2.11 bits per heavy atom. The third-order valence-corrected chi connectivity index (χ3v) is 5.16. The quantitative estimate of drug-likeness (QED) is 0.855. The molecule has 0 spiro atoms. The van der Waals surface area contributed by atoms with Crippen LogP contribution in [0.2, 0.25) is 10.0 Å². The fourth-order valence-electron chi connectivity index (χ4n) is 3.35. The molecule has 2 saturated heterocycles. The van der Waals surface area contributed by atoms with Crippen molar-refractivity contribution in [2.75, 3.05) is 13.1 Å². The largest absolute Gasteiger partial charge is 0.385 e. The Bertz CT molecular complexity index is 465. The van der Waals surface area contributed by atoms with Gasteiger partial charge in [-0.05, 0) is 38.3 Å². The van der Waals surface area contributed by atoms with E-state index in [9.17, 15) is 5.11 Å². The minimum Gasteiger partial charge on any atom is -0.385 e. The van der Waals surface area contributed by atoms with Gasteiger partial charge in [0.25, 0.3) is 0 Å². The van der Waals surface area contributed by atoms with E-state index in [0.717, 1.165) is 24.9 Å². The van der Waals surface area contributed by atoms with Crippen LogP contribution in [0.4, 0.5) is 0 Å². The van der Waals surface area contributed by atoms with Crippen LogP contribution in [0.15, 0.2) is 18.2 Å². The number of fused-ring (bicyclic) bond motifs is 1. The fraction of sp³-hybridized carbons (Fsp3) is 0.571. The van der Waals surface area contributed by atoms with Crippen molar-refractivity contribution in [3.63, 3.8) is 0 Å². The highest BCUT2D eigenvalue weighted by atomic mass is 35.5. The summed E-state index contributed by atoms with van der Waals surface area (Å²) in [6.45, 7) is 2.12. The molecule has 2 aliphatic heterocycles. The minimum absolute atomic E-state index is 0.499. The number of piperidine rings is 1. The van der Waals surface area contributed by atoms with Gasteiger partial charge in [-0.25, -0.2) is 0 Å². The predicted molar refractivity (Wildman–Crippen MR) is 74.2 cm³/mol. The number of aliphatic hydroxyl groups is 1. The Kier molecular flexibility index (Phi) is 3.31. The number of halogens is 2. The maximum Gasteiger partial charge on any atom is 0.0938 e. The average Bonchev–Trinajstić information content (AvgIpc) is 2.79. The number of hydrogen-bond donors (Lipinski definition) is 1. The van der Waals surface area contributed by atoms with E-state index in [1.807, 2.05) is 12.1 Å². The van der Waals surface area contributed by atoms with Crippen molar-refractivity contribution >= 4 is 23.2 Å². The van der Waals surface area contributed by atoms with Crippen molar-refractivity contribution in [1.29, 1.82) is 0 Å². The van der Waals surface area contributed by atoms with Gasteiger partial charge in [0.2, 0.25) is 0 Å². The molecule has 2 unspecified atom stereocenters. The highest BCUT2D eigenvalue weighted by molar-refractivity contribution is 6.42. The first-order chi connectivity index (χ1) is 8.60. The molecule has 0 amide bonds. The van der Waals surface area contributed by atoms with Crippen molar-refractivity contribution in [3.05, 3.63) is 33.8 Å². The smallest absolute Gasteiger partial charge is 0.0938 e. The standard InChI is InChI=1S/C14H17Cl2NO/c15-12-5-1-4-11(13(12)16)14(18)6-8-17-7-2-3-10(17)9-14/h1,4-5,10,18H,2-3,6-9H2. The van der Waals surface area contributed by atoms with E-state index in [2.05, 4.69) is 4.90 Å². The first kappa shape index (κ1) is 12.7. The molecule has 18 heavy (non-hydrogen) atoms. The minimum atomic E-state index is -0.812. The summed E-state index contributed by atoms with van der Waals surface area (Å²) in [7, 11) is 0. The Labute approximate surface area is 117 Å². The molecule has 2 atom stereocenters. The van der Waals surface area contributed by atoms with Gasteiger partial charge in [-0.3, -0.25) is 0 Å². The van der Waals surface area contributed by atoms with Gasteiger partial charge in [0, 0.05) is 18.2 Å². The van der Waals surface area contributed by atoms with Gasteiger partial charge in [0.1, 0.15) is 0 Å². The molecule has 2 heterocycles. The van der Waals surface area contributed by atoms with Gasteiger partial charge in [-0.1, -0.05) is 35.3 Å². The first-order valence-corrected chi connectivity index (χ1v) is 7.27. The normalized spacial score (nSPS) is 32.5. The lowest BCUT2D eigenvalue weighted by atomic mass is 9.81. The second kappa shape index (κ2) is 4.68. The van der Waals surface area contributed by atoms with Crippen LogP contribution >= 0.6 is 23.2 Å². The Hall–Kier alpha value is -0.280. The topological polar surface area (TPSA) is 23.5 Å². The van der Waals surface area contributed by atoms with Gasteiger partial charge in [0.05, 0.1) is 15.6 Å². The van der Waals surface area contributed by atoms with Crippen molar-refractivity contribution in [2.45, 2.75) is 37.3 Å². The van der Waals surface area contributed by atoms with Crippen LogP contribution in [0.3, 0.4) is 0 Å². The summed E-state index contributed by atoms with van der Waals surface area (Å²) in [6, 6.07) is 6.03. The molecule has 4 heteroatoms. The van der Waals surface area contributed by atoms with Crippen LogP contribution in [-0.2, 0) is 5.60 Å². The summed E-state index contributed by atoms with van der Waals surface area (Å²) in [4.78, 5) is 2.48. The van der Waals surface area contributed by atoms with Crippen molar-refractivity contribution in [3.8, 4) is 0 Å². The van der Waals surface area contributed by atoms with Crippen molar-refractivity contribution in [2.24, 2.45) is 0 Å². The summed E-state index contributed by atoms with van der Waals surface area (Å²) in [5.74, 6) is 0. The van der Waals surface area contributed by atoms with Crippen LogP contribution in [-0.4, -0.2) is 29.1 Å². The molecular weight excluding hydrogens is 269 g/mol. The Morgan fingerprint density at radius 3 is 2.94 bits per heavy atom. The predicted octanol–water partition coefficient (Wildman–Crippen LogP) is 3.44. The van der Waals surface area contributed by atoms with Crippen LogP contribution in [0.25, 0.3) is 0 Å². The molecule has 0 bridgehead atoms. The lowest BCUT2D eigenvalue weighted by Crippen LogP contribution is -2.46. The van der Waals surface area contributed by atoms with Crippen LogP contribution < -0.4 is 0 Å². The molecule has 2 nitrogen and oxygen atoms in total. The maximum absolute atomic E-state index is 10.9. The number of nitrogens with zero attached hydrogens (tertiary/aromatic N) is 1. The molecule has 1 aromatic carbocycles. The molecule has 2 fully saturated rings. The first-order valence-electron chi connectivity index (χ1n) is 6.51. The summed E-state index contributed by atoms with van der Waals surface area (Å²) < 4.78 is 0. The van der Waals surface area contributed by atoms with E-state index < -0.39 is 5.60 Å². The highest BCUT2D eigenvalue weighted by Crippen LogP contribution is 2.43. The number of hydrogen-bond acceptors (Lipinski definition) is 2. The summed E-state index contributed by atoms with van der Waals surface area (Å²) >= 11 is 12.3. The van der Waals surface area contributed by atoms with Gasteiger partial charge < -0.3 is 10.0 Å². The maximum atomic E-state index is 10.9. The van der Waals surface area contributed by atoms with E-state index in [4.69, 9.17) is 23.2 Å². The van der Waals surface area contributed by atoms with Crippen LogP contribution in [0.5, 0.6) is 0 Å². The van der Waals surface area contributed by atoms with Gasteiger partial charge in [-0.15, -0.1) is 0 Å². The zero-order valence-electron chi connectivity index (χ0n) is 10.2. The van der Waals surface area contributed by atoms with E-state index in [0.29, 0.717) is 16.1 Å². The third-order valence-electron chi connectivity index (χ3n) is 4.34. The monoisotopic (exact) mass is 285 g/mol. The molecule has 1 aromatic rings. The third kappa shape index (κ3) is 2.05. The molecule has 98 valence electrons. The molecule has 0 aromatic heterocycles. The lowest BCUT2D eigenvalue weighted by Gasteiger charge is -2.41. The molecule has 3 rings (SSSR count). The average molecular weight is 286 g/mol. The van der Waals surface area contributed by atoms with Crippen molar-refractivity contribution < 1.29 is 5.11 Å². The molecule has 0 saturated carbocycles. The zero-order valence-corrected chi connectivity index (χ0v) is 11.7. The molecule has 0 radical (unpaired) electrons. The Morgan fingerprint density at radius 1 is 1.28 bits per heavy atom. The molecule has 2 aliphatic rings. The second-order valence-corrected chi connectivity index (χ2v) is 6.20. The Balaban J connectivity index is 1.92. The van der Waals surface area contributed by atoms with E-state index in [1.165, 1.54) is 19.4 Å². The van der Waals surface area contributed by atoms with Gasteiger partial charge >= 0.3 is 0 Å². The number of benzene rings is 1. The van der Waals surface area contributed by atoms with Gasteiger partial charge in [0.15, 0.2) is 0 Å². The number of rotatable bonds is 1. The van der Waals surface area contributed by atoms with E-state index >= 15 is 0 Å². The molecule has 1 N–H and O–H groups in total. The summed E-state index contributed by atoms with van der Waals surface area (Å²) in [6.07, 6.45) is 3.93. The van der Waals surface area contributed by atoms with E-state index in [1.54, 1.807) is 6.07 Å². The van der Waals surface area contributed by atoms with Crippen LogP contribution in [0, 0.1) is 0 Å². The lowest BCUT2D eigenvalue weighted by molar-refractivity contribution is -0.0408. The summed E-state index contributed by atoms with van der Waals surface area (Å²) in [5.41, 5.74) is -0.0174. The zero-order chi connectivity index (χ0) is 12.8. The SMILES string of the molecule is OC1(c2cccc(Cl)c2Cl)CCN2CCCC2C1.